The van der Waals surface area contributed by atoms with Crippen molar-refractivity contribution in [2.24, 2.45) is 5.41 Å². The zero-order valence-electron chi connectivity index (χ0n) is 13.1. The van der Waals surface area contributed by atoms with Gasteiger partial charge in [0.05, 0.1) is 5.56 Å². The fourth-order valence-electron chi connectivity index (χ4n) is 3.28. The van der Waals surface area contributed by atoms with Crippen LogP contribution in [0.25, 0.3) is 0 Å². The van der Waals surface area contributed by atoms with Crippen molar-refractivity contribution < 1.29 is 9.90 Å². The van der Waals surface area contributed by atoms with E-state index in [0.717, 1.165) is 18.7 Å². The normalized spacial score (nSPS) is 18.1. The van der Waals surface area contributed by atoms with Crippen LogP contribution in [0.3, 0.4) is 0 Å². The number of ketones is 1. The minimum Gasteiger partial charge on any atom is -0.507 e. The van der Waals surface area contributed by atoms with Crippen LogP contribution in [0.2, 0.25) is 5.02 Å². The Morgan fingerprint density at radius 3 is 2.57 bits per heavy atom. The highest BCUT2D eigenvalue weighted by molar-refractivity contribution is 6.31. The quantitative estimate of drug-likeness (QED) is 0.826. The van der Waals surface area contributed by atoms with Crippen molar-refractivity contribution in [3.8, 4) is 5.75 Å². The molecule has 1 aromatic carbocycles. The third-order valence-corrected chi connectivity index (χ3v) is 5.16. The number of benzene rings is 1. The minimum absolute atomic E-state index is 0.0809. The van der Waals surface area contributed by atoms with Gasteiger partial charge in [0.15, 0.2) is 5.78 Å². The van der Waals surface area contributed by atoms with Crippen LogP contribution in [0.1, 0.15) is 56.0 Å². The maximum absolute atomic E-state index is 11.6. The van der Waals surface area contributed by atoms with Gasteiger partial charge in [-0.3, -0.25) is 9.69 Å². The summed E-state index contributed by atoms with van der Waals surface area (Å²) in [4.78, 5) is 13.9. The molecule has 1 aliphatic rings. The van der Waals surface area contributed by atoms with Crippen molar-refractivity contribution in [3.63, 3.8) is 0 Å². The molecule has 0 bridgehead atoms. The summed E-state index contributed by atoms with van der Waals surface area (Å²) in [6, 6.07) is 3.30. The number of nitrogens with zero attached hydrogens (tertiary/aromatic N) is 1. The van der Waals surface area contributed by atoms with E-state index in [0.29, 0.717) is 22.5 Å². The SMILES string of the molecule is CCC1(CC)CCN(Cc2cc(Cl)cc(C(C)=O)c2O)C1. The van der Waals surface area contributed by atoms with Crippen molar-refractivity contribution in [2.45, 2.75) is 46.6 Å². The van der Waals surface area contributed by atoms with Gasteiger partial charge in [0, 0.05) is 23.7 Å². The first-order valence-electron chi connectivity index (χ1n) is 7.65. The van der Waals surface area contributed by atoms with Gasteiger partial charge in [0.1, 0.15) is 5.75 Å². The van der Waals surface area contributed by atoms with E-state index in [1.807, 2.05) is 0 Å². The average molecular weight is 310 g/mol. The number of likely N-dealkylation sites (tertiary alicyclic amines) is 1. The van der Waals surface area contributed by atoms with E-state index in [-0.39, 0.29) is 11.5 Å². The van der Waals surface area contributed by atoms with Crippen molar-refractivity contribution in [1.29, 1.82) is 0 Å². The molecular weight excluding hydrogens is 286 g/mol. The lowest BCUT2D eigenvalue weighted by Crippen LogP contribution is -2.26. The van der Waals surface area contributed by atoms with Crippen molar-refractivity contribution >= 4 is 17.4 Å². The van der Waals surface area contributed by atoms with E-state index >= 15 is 0 Å². The number of hydrogen-bond donors (Lipinski definition) is 1. The number of carbonyl (C=O) groups is 1. The average Bonchev–Trinajstić information content (AvgIpc) is 2.86. The number of rotatable bonds is 5. The van der Waals surface area contributed by atoms with Crippen LogP contribution < -0.4 is 0 Å². The smallest absolute Gasteiger partial charge is 0.163 e. The third kappa shape index (κ3) is 3.41. The van der Waals surface area contributed by atoms with E-state index in [4.69, 9.17) is 11.6 Å². The molecule has 0 radical (unpaired) electrons. The van der Waals surface area contributed by atoms with E-state index in [2.05, 4.69) is 18.7 Å². The highest BCUT2D eigenvalue weighted by Gasteiger charge is 2.35. The Bertz CT molecular complexity index is 538. The molecule has 4 heteroatoms. The molecule has 0 amide bonds. The molecule has 1 N–H and O–H groups in total. The molecule has 2 rings (SSSR count). The second-order valence-electron chi connectivity index (χ2n) is 6.19. The van der Waals surface area contributed by atoms with Gasteiger partial charge in [-0.25, -0.2) is 0 Å². The lowest BCUT2D eigenvalue weighted by Gasteiger charge is -2.26. The Kier molecular flexibility index (Phi) is 4.95. The van der Waals surface area contributed by atoms with Gasteiger partial charge in [-0.1, -0.05) is 25.4 Å². The monoisotopic (exact) mass is 309 g/mol. The number of aromatic hydroxyl groups is 1. The molecular formula is C17H24ClNO2. The van der Waals surface area contributed by atoms with Crippen LogP contribution in [0, 0.1) is 5.41 Å². The van der Waals surface area contributed by atoms with Crippen LogP contribution >= 0.6 is 11.6 Å². The first-order chi connectivity index (χ1) is 9.90. The number of phenols is 1. The first kappa shape index (κ1) is 16.3. The van der Waals surface area contributed by atoms with Gasteiger partial charge >= 0.3 is 0 Å². The molecule has 21 heavy (non-hydrogen) atoms. The standard InChI is InChI=1S/C17H24ClNO2/c1-4-17(5-2)6-7-19(11-17)10-13-8-14(18)9-15(12(3)20)16(13)21/h8-9,21H,4-7,10-11H2,1-3H3. The Morgan fingerprint density at radius 2 is 2.05 bits per heavy atom. The zero-order valence-corrected chi connectivity index (χ0v) is 13.8. The lowest BCUT2D eigenvalue weighted by atomic mass is 9.82. The van der Waals surface area contributed by atoms with Gasteiger partial charge in [0.25, 0.3) is 0 Å². The molecule has 0 saturated carbocycles. The summed E-state index contributed by atoms with van der Waals surface area (Å²) in [5, 5.41) is 10.8. The first-order valence-corrected chi connectivity index (χ1v) is 8.03. The molecule has 1 fully saturated rings. The van der Waals surface area contributed by atoms with E-state index in [1.165, 1.54) is 32.3 Å². The molecule has 1 aromatic rings. The Balaban J connectivity index is 2.20. The highest BCUT2D eigenvalue weighted by atomic mass is 35.5. The fraction of sp³-hybridized carbons (Fsp3) is 0.588. The fourth-order valence-corrected chi connectivity index (χ4v) is 3.52. The predicted molar refractivity (Wildman–Crippen MR) is 86.0 cm³/mol. The summed E-state index contributed by atoms with van der Waals surface area (Å²) in [5.41, 5.74) is 1.46. The Morgan fingerprint density at radius 1 is 1.38 bits per heavy atom. The predicted octanol–water partition coefficient (Wildman–Crippen LogP) is 4.26. The Hall–Kier alpha value is -1.06. The molecule has 0 unspecified atom stereocenters. The van der Waals surface area contributed by atoms with E-state index < -0.39 is 0 Å². The maximum Gasteiger partial charge on any atom is 0.163 e. The van der Waals surface area contributed by atoms with Crippen molar-refractivity contribution in [2.75, 3.05) is 13.1 Å². The van der Waals surface area contributed by atoms with Crippen molar-refractivity contribution in [3.05, 3.63) is 28.3 Å². The molecule has 0 spiro atoms. The topological polar surface area (TPSA) is 40.5 Å². The van der Waals surface area contributed by atoms with Crippen LogP contribution in [-0.2, 0) is 6.54 Å². The van der Waals surface area contributed by atoms with Crippen LogP contribution in [0.15, 0.2) is 12.1 Å². The second kappa shape index (κ2) is 6.37. The molecule has 0 aromatic heterocycles. The van der Waals surface area contributed by atoms with Gasteiger partial charge in [0.2, 0.25) is 0 Å². The van der Waals surface area contributed by atoms with Gasteiger partial charge in [-0.15, -0.1) is 0 Å². The second-order valence-corrected chi connectivity index (χ2v) is 6.62. The maximum atomic E-state index is 11.6. The zero-order chi connectivity index (χ0) is 15.6. The van der Waals surface area contributed by atoms with Gasteiger partial charge in [-0.05, 0) is 50.3 Å². The largest absolute Gasteiger partial charge is 0.507 e. The van der Waals surface area contributed by atoms with Crippen molar-refractivity contribution in [1.82, 2.24) is 4.90 Å². The summed E-state index contributed by atoms with van der Waals surface area (Å²) in [6.45, 7) is 8.67. The summed E-state index contributed by atoms with van der Waals surface area (Å²) in [7, 11) is 0. The number of phenolic OH excluding ortho intramolecular Hbond substituents is 1. The van der Waals surface area contributed by atoms with Crippen LogP contribution in [0.5, 0.6) is 5.75 Å². The molecule has 116 valence electrons. The molecule has 3 nitrogen and oxygen atoms in total. The molecule has 1 saturated heterocycles. The van der Waals surface area contributed by atoms with Gasteiger partial charge < -0.3 is 5.11 Å². The van der Waals surface area contributed by atoms with Gasteiger partial charge in [-0.2, -0.15) is 0 Å². The third-order valence-electron chi connectivity index (χ3n) is 4.94. The van der Waals surface area contributed by atoms with E-state index in [1.54, 1.807) is 6.07 Å². The van der Waals surface area contributed by atoms with Crippen LogP contribution in [-0.4, -0.2) is 28.9 Å². The number of Topliss-reactive ketones (excluding diaryl/α,β-unsaturated/α-hetero) is 1. The van der Waals surface area contributed by atoms with E-state index in [9.17, 15) is 9.90 Å². The summed E-state index contributed by atoms with van der Waals surface area (Å²) < 4.78 is 0. The number of halogens is 1. The highest BCUT2D eigenvalue weighted by Crippen LogP contribution is 2.38. The minimum atomic E-state index is -0.158. The molecule has 0 atom stereocenters. The van der Waals surface area contributed by atoms with Crippen LogP contribution in [0.4, 0.5) is 0 Å². The number of carbonyl (C=O) groups excluding carboxylic acids is 1. The molecule has 0 aliphatic carbocycles. The number of hydrogen-bond acceptors (Lipinski definition) is 3. The molecule has 1 heterocycles. The Labute approximate surface area is 131 Å². The molecule has 1 aliphatic heterocycles. The lowest BCUT2D eigenvalue weighted by molar-refractivity contribution is 0.101. The summed E-state index contributed by atoms with van der Waals surface area (Å²) >= 11 is 6.08. The summed E-state index contributed by atoms with van der Waals surface area (Å²) in [5.74, 6) is -0.0773. The summed E-state index contributed by atoms with van der Waals surface area (Å²) in [6.07, 6.45) is 3.56.